The van der Waals surface area contributed by atoms with Crippen LogP contribution in [0.2, 0.25) is 10.0 Å². The van der Waals surface area contributed by atoms with E-state index >= 15 is 0 Å². The van der Waals surface area contributed by atoms with E-state index in [9.17, 15) is 9.59 Å². The lowest BCUT2D eigenvalue weighted by Gasteiger charge is -2.18. The molecule has 0 spiro atoms. The highest BCUT2D eigenvalue weighted by molar-refractivity contribution is 6.30. The van der Waals surface area contributed by atoms with Crippen molar-refractivity contribution in [3.05, 3.63) is 95.0 Å². The first kappa shape index (κ1) is 25.4. The van der Waals surface area contributed by atoms with Crippen LogP contribution in [0.5, 0.6) is 11.5 Å². The number of anilines is 2. The molecule has 2 N–H and O–H groups in total. The van der Waals surface area contributed by atoms with Gasteiger partial charge >= 0.3 is 0 Å². The highest BCUT2D eigenvalue weighted by Crippen LogP contribution is 2.30. The van der Waals surface area contributed by atoms with Crippen LogP contribution in [0.15, 0.2) is 84.9 Å². The normalized spacial score (nSPS) is 12.4. The standard InChI is InChI=1S/C28H24Cl2N2O4/c1-17(35-21-13-9-19(29)10-14-21)27(33)31-25-7-3-6-24-23(25)5-4-8-26(24)32-28(34)18(2)36-22-15-11-20(30)12-16-22/h3-18H,1-2H3,(H,31,33)(H,32,34). The van der Waals surface area contributed by atoms with E-state index in [-0.39, 0.29) is 11.8 Å². The van der Waals surface area contributed by atoms with Crippen molar-refractivity contribution in [3.63, 3.8) is 0 Å². The summed E-state index contributed by atoms with van der Waals surface area (Å²) in [6.45, 7) is 3.34. The molecule has 2 atom stereocenters. The maximum atomic E-state index is 12.8. The van der Waals surface area contributed by atoms with Crippen LogP contribution < -0.4 is 20.1 Å². The van der Waals surface area contributed by atoms with Gasteiger partial charge in [0, 0.05) is 32.2 Å². The number of ether oxygens (including phenoxy) is 2. The number of fused-ring (bicyclic) bond motifs is 1. The molecule has 0 heterocycles. The van der Waals surface area contributed by atoms with E-state index in [1.54, 1.807) is 74.5 Å². The highest BCUT2D eigenvalue weighted by Gasteiger charge is 2.18. The molecule has 0 radical (unpaired) electrons. The maximum absolute atomic E-state index is 12.8. The minimum atomic E-state index is -0.741. The van der Waals surface area contributed by atoms with E-state index in [4.69, 9.17) is 32.7 Å². The van der Waals surface area contributed by atoms with Gasteiger partial charge in [0.1, 0.15) is 11.5 Å². The molecule has 0 saturated heterocycles. The van der Waals surface area contributed by atoms with E-state index in [1.807, 2.05) is 24.3 Å². The van der Waals surface area contributed by atoms with Crippen molar-refractivity contribution in [1.82, 2.24) is 0 Å². The van der Waals surface area contributed by atoms with Gasteiger partial charge in [-0.15, -0.1) is 0 Å². The number of benzene rings is 4. The minimum absolute atomic E-state index is 0.308. The molecule has 36 heavy (non-hydrogen) atoms. The number of rotatable bonds is 8. The number of halogens is 2. The van der Waals surface area contributed by atoms with Crippen LogP contribution in [0.25, 0.3) is 10.8 Å². The van der Waals surface area contributed by atoms with Crippen LogP contribution in [0, 0.1) is 0 Å². The third kappa shape index (κ3) is 6.27. The number of hydrogen-bond donors (Lipinski definition) is 2. The van der Waals surface area contributed by atoms with E-state index < -0.39 is 12.2 Å². The summed E-state index contributed by atoms with van der Waals surface area (Å²) >= 11 is 11.8. The first-order valence-corrected chi connectivity index (χ1v) is 12.0. The molecule has 4 aromatic carbocycles. The van der Waals surface area contributed by atoms with Crippen molar-refractivity contribution in [2.75, 3.05) is 10.6 Å². The molecule has 184 valence electrons. The Morgan fingerprint density at radius 3 is 1.33 bits per heavy atom. The van der Waals surface area contributed by atoms with Crippen molar-refractivity contribution in [2.45, 2.75) is 26.1 Å². The van der Waals surface area contributed by atoms with E-state index in [2.05, 4.69) is 10.6 Å². The molecule has 2 unspecified atom stereocenters. The first-order chi connectivity index (χ1) is 17.3. The van der Waals surface area contributed by atoms with Gasteiger partial charge in [-0.1, -0.05) is 47.5 Å². The number of hydrogen-bond acceptors (Lipinski definition) is 4. The summed E-state index contributed by atoms with van der Waals surface area (Å²) in [5, 5.41) is 8.56. The van der Waals surface area contributed by atoms with Gasteiger partial charge in [-0.2, -0.15) is 0 Å². The van der Waals surface area contributed by atoms with Gasteiger partial charge in [0.2, 0.25) is 0 Å². The van der Waals surface area contributed by atoms with Gasteiger partial charge in [-0.3, -0.25) is 9.59 Å². The molecule has 2 amide bonds. The summed E-state index contributed by atoms with van der Waals surface area (Å²) in [5.74, 6) is 0.466. The quantitative estimate of drug-likeness (QED) is 0.262. The minimum Gasteiger partial charge on any atom is -0.481 e. The van der Waals surface area contributed by atoms with Gasteiger partial charge in [-0.25, -0.2) is 0 Å². The van der Waals surface area contributed by atoms with Crippen molar-refractivity contribution in [3.8, 4) is 11.5 Å². The average Bonchev–Trinajstić information content (AvgIpc) is 2.87. The number of carbonyl (C=O) groups is 2. The van der Waals surface area contributed by atoms with Gasteiger partial charge in [0.15, 0.2) is 12.2 Å². The second kappa shape index (κ2) is 11.3. The van der Waals surface area contributed by atoms with Gasteiger partial charge < -0.3 is 20.1 Å². The van der Waals surface area contributed by atoms with Gasteiger partial charge in [0.05, 0.1) is 0 Å². The van der Waals surface area contributed by atoms with Crippen molar-refractivity contribution < 1.29 is 19.1 Å². The largest absolute Gasteiger partial charge is 0.481 e. The van der Waals surface area contributed by atoms with Crippen molar-refractivity contribution in [2.24, 2.45) is 0 Å². The lowest BCUT2D eigenvalue weighted by molar-refractivity contribution is -0.122. The molecule has 0 aliphatic heterocycles. The monoisotopic (exact) mass is 522 g/mol. The van der Waals surface area contributed by atoms with Crippen LogP contribution in [0.4, 0.5) is 11.4 Å². The fraction of sp³-hybridized carbons (Fsp3) is 0.143. The van der Waals surface area contributed by atoms with E-state index in [0.29, 0.717) is 32.9 Å². The zero-order chi connectivity index (χ0) is 25.7. The molecule has 0 saturated carbocycles. The molecule has 4 aromatic rings. The van der Waals surface area contributed by atoms with E-state index in [1.165, 1.54) is 0 Å². The van der Waals surface area contributed by atoms with Crippen LogP contribution in [0.1, 0.15) is 13.8 Å². The van der Waals surface area contributed by atoms with Crippen molar-refractivity contribution in [1.29, 1.82) is 0 Å². The van der Waals surface area contributed by atoms with Crippen LogP contribution in [-0.4, -0.2) is 24.0 Å². The summed E-state index contributed by atoms with van der Waals surface area (Å²) in [5.41, 5.74) is 1.20. The third-order valence-corrected chi connectivity index (χ3v) is 5.93. The fourth-order valence-corrected chi connectivity index (χ4v) is 3.79. The number of nitrogens with one attached hydrogen (secondary N) is 2. The summed E-state index contributed by atoms with van der Waals surface area (Å²) in [7, 11) is 0. The Labute approximate surface area is 219 Å². The second-order valence-electron chi connectivity index (χ2n) is 8.11. The van der Waals surface area contributed by atoms with Crippen LogP contribution >= 0.6 is 23.2 Å². The maximum Gasteiger partial charge on any atom is 0.265 e. The molecule has 0 aromatic heterocycles. The molecule has 0 bridgehead atoms. The predicted molar refractivity (Wildman–Crippen MR) is 144 cm³/mol. The summed E-state index contributed by atoms with van der Waals surface area (Å²) in [6, 6.07) is 24.6. The number of carbonyl (C=O) groups excluding carboxylic acids is 2. The van der Waals surface area contributed by atoms with Crippen molar-refractivity contribution >= 4 is 57.2 Å². The predicted octanol–water partition coefficient (Wildman–Crippen LogP) is 6.96. The Kier molecular flexibility index (Phi) is 7.98. The zero-order valence-corrected chi connectivity index (χ0v) is 21.1. The molecule has 0 aliphatic carbocycles. The Bertz CT molecular complexity index is 1270. The summed E-state index contributed by atoms with van der Waals surface area (Å²) in [6.07, 6.45) is -1.48. The highest BCUT2D eigenvalue weighted by atomic mass is 35.5. The van der Waals surface area contributed by atoms with E-state index in [0.717, 1.165) is 10.8 Å². The lowest BCUT2D eigenvalue weighted by Crippen LogP contribution is -2.30. The molecule has 0 fully saturated rings. The molecule has 6 nitrogen and oxygen atoms in total. The Balaban J connectivity index is 1.46. The summed E-state index contributed by atoms with van der Waals surface area (Å²) in [4.78, 5) is 25.6. The summed E-state index contributed by atoms with van der Waals surface area (Å²) < 4.78 is 11.4. The Morgan fingerprint density at radius 1 is 0.611 bits per heavy atom. The zero-order valence-electron chi connectivity index (χ0n) is 19.6. The lowest BCUT2D eigenvalue weighted by atomic mass is 10.1. The fourth-order valence-electron chi connectivity index (χ4n) is 3.54. The Hall–Kier alpha value is -3.74. The smallest absolute Gasteiger partial charge is 0.265 e. The third-order valence-electron chi connectivity index (χ3n) is 5.43. The van der Waals surface area contributed by atoms with Crippen LogP contribution in [-0.2, 0) is 9.59 Å². The molecular formula is C28H24Cl2N2O4. The second-order valence-corrected chi connectivity index (χ2v) is 8.99. The first-order valence-electron chi connectivity index (χ1n) is 11.3. The molecular weight excluding hydrogens is 499 g/mol. The van der Waals surface area contributed by atoms with Crippen LogP contribution in [0.3, 0.4) is 0 Å². The average molecular weight is 523 g/mol. The molecule has 0 aliphatic rings. The van der Waals surface area contributed by atoms with Gasteiger partial charge in [-0.05, 0) is 74.5 Å². The van der Waals surface area contributed by atoms with Gasteiger partial charge in [0.25, 0.3) is 11.8 Å². The SMILES string of the molecule is CC(Oc1ccc(Cl)cc1)C(=O)Nc1cccc2c(NC(=O)C(C)Oc3ccc(Cl)cc3)cccc12. The number of amides is 2. The Morgan fingerprint density at radius 2 is 0.972 bits per heavy atom. The topological polar surface area (TPSA) is 76.7 Å². The molecule has 8 heteroatoms. The molecule has 4 rings (SSSR count).